The van der Waals surface area contributed by atoms with E-state index in [2.05, 4.69) is 39.8 Å². The van der Waals surface area contributed by atoms with Crippen LogP contribution in [-0.4, -0.2) is 32.3 Å². The van der Waals surface area contributed by atoms with Crippen LogP contribution in [0.1, 0.15) is 30.7 Å². The third-order valence-electron chi connectivity index (χ3n) is 5.35. The molecule has 2 amide bonds. The Balaban J connectivity index is 1.34. The van der Waals surface area contributed by atoms with Crippen LogP contribution in [0.2, 0.25) is 0 Å². The Labute approximate surface area is 154 Å². The van der Waals surface area contributed by atoms with Crippen LogP contribution in [0.3, 0.4) is 0 Å². The highest BCUT2D eigenvalue weighted by molar-refractivity contribution is 5.90. The summed E-state index contributed by atoms with van der Waals surface area (Å²) in [5, 5.41) is 6.09. The third-order valence-corrected chi connectivity index (χ3v) is 5.35. The number of hydrogen-bond donors (Lipinski definition) is 2. The van der Waals surface area contributed by atoms with Crippen molar-refractivity contribution >= 4 is 17.4 Å². The second-order valence-corrected chi connectivity index (χ2v) is 7.17. The molecule has 1 heterocycles. The van der Waals surface area contributed by atoms with Gasteiger partial charge < -0.3 is 20.3 Å². The number of rotatable bonds is 3. The van der Waals surface area contributed by atoms with E-state index >= 15 is 0 Å². The van der Waals surface area contributed by atoms with Crippen LogP contribution in [0, 0.1) is 0 Å². The number of benzene rings is 2. The molecule has 0 saturated heterocycles. The Morgan fingerprint density at radius 1 is 1.15 bits per heavy atom. The van der Waals surface area contributed by atoms with Crippen molar-refractivity contribution in [3.8, 4) is 5.75 Å². The minimum atomic E-state index is -0.136. The lowest BCUT2D eigenvalue weighted by Crippen LogP contribution is -2.36. The average molecular weight is 351 g/mol. The van der Waals surface area contributed by atoms with Gasteiger partial charge in [-0.3, -0.25) is 0 Å². The Morgan fingerprint density at radius 3 is 2.85 bits per heavy atom. The normalized spacial score (nSPS) is 21.7. The number of carbonyl (C=O) groups is 1. The SMILES string of the molecule is CN1CCOc2ccc(NC(=O)N[C@@H]3CC[C@H](c4ccccc4)C3)cc21. The van der Waals surface area contributed by atoms with E-state index in [1.807, 2.05) is 31.3 Å². The largest absolute Gasteiger partial charge is 0.490 e. The minimum Gasteiger partial charge on any atom is -0.490 e. The van der Waals surface area contributed by atoms with Crippen molar-refractivity contribution in [2.24, 2.45) is 0 Å². The molecule has 1 aliphatic carbocycles. The van der Waals surface area contributed by atoms with E-state index in [1.165, 1.54) is 5.56 Å². The van der Waals surface area contributed by atoms with Gasteiger partial charge in [-0.25, -0.2) is 4.79 Å². The highest BCUT2D eigenvalue weighted by atomic mass is 16.5. The van der Waals surface area contributed by atoms with Crippen LogP contribution in [-0.2, 0) is 0 Å². The summed E-state index contributed by atoms with van der Waals surface area (Å²) in [6, 6.07) is 16.4. The molecule has 5 nitrogen and oxygen atoms in total. The molecule has 2 aromatic rings. The van der Waals surface area contributed by atoms with E-state index in [9.17, 15) is 4.79 Å². The number of nitrogens with zero attached hydrogens (tertiary/aromatic N) is 1. The summed E-state index contributed by atoms with van der Waals surface area (Å²) in [4.78, 5) is 14.5. The lowest BCUT2D eigenvalue weighted by molar-refractivity contribution is 0.248. The van der Waals surface area contributed by atoms with Crippen molar-refractivity contribution in [1.82, 2.24) is 5.32 Å². The van der Waals surface area contributed by atoms with Gasteiger partial charge in [-0.15, -0.1) is 0 Å². The number of anilines is 2. The first kappa shape index (κ1) is 16.8. The van der Waals surface area contributed by atoms with Crippen molar-refractivity contribution in [2.75, 3.05) is 30.4 Å². The molecule has 4 rings (SSSR count). The highest BCUT2D eigenvalue weighted by Gasteiger charge is 2.27. The quantitative estimate of drug-likeness (QED) is 0.880. The molecule has 0 aromatic heterocycles. The first-order valence-corrected chi connectivity index (χ1v) is 9.29. The third kappa shape index (κ3) is 3.62. The summed E-state index contributed by atoms with van der Waals surface area (Å²) < 4.78 is 5.65. The predicted octanol–water partition coefficient (Wildman–Crippen LogP) is 3.97. The van der Waals surface area contributed by atoms with Crippen LogP contribution in [0.25, 0.3) is 0 Å². The number of carbonyl (C=O) groups excluding carboxylic acids is 1. The van der Waals surface area contributed by atoms with Gasteiger partial charge in [-0.05, 0) is 48.9 Å². The molecule has 0 radical (unpaired) electrons. The molecule has 2 aromatic carbocycles. The highest BCUT2D eigenvalue weighted by Crippen LogP contribution is 2.35. The number of urea groups is 1. The Hall–Kier alpha value is -2.69. The van der Waals surface area contributed by atoms with Gasteiger partial charge in [0.05, 0.1) is 12.2 Å². The summed E-state index contributed by atoms with van der Waals surface area (Å²) in [5.41, 5.74) is 3.17. The van der Waals surface area contributed by atoms with E-state index in [0.29, 0.717) is 12.5 Å². The van der Waals surface area contributed by atoms with Gasteiger partial charge in [0.1, 0.15) is 12.4 Å². The number of likely N-dealkylation sites (N-methyl/N-ethyl adjacent to an activating group) is 1. The van der Waals surface area contributed by atoms with E-state index in [-0.39, 0.29) is 12.1 Å². The molecule has 0 unspecified atom stereocenters. The van der Waals surface area contributed by atoms with E-state index in [4.69, 9.17) is 4.74 Å². The van der Waals surface area contributed by atoms with Crippen molar-refractivity contribution < 1.29 is 9.53 Å². The second-order valence-electron chi connectivity index (χ2n) is 7.17. The fourth-order valence-corrected chi connectivity index (χ4v) is 3.92. The Morgan fingerprint density at radius 2 is 2.00 bits per heavy atom. The average Bonchev–Trinajstić information content (AvgIpc) is 3.11. The lowest BCUT2D eigenvalue weighted by atomic mass is 9.98. The van der Waals surface area contributed by atoms with Crippen molar-refractivity contribution in [3.63, 3.8) is 0 Å². The van der Waals surface area contributed by atoms with Crippen LogP contribution in [0.5, 0.6) is 5.75 Å². The zero-order chi connectivity index (χ0) is 17.9. The van der Waals surface area contributed by atoms with Gasteiger partial charge in [0, 0.05) is 18.8 Å². The topological polar surface area (TPSA) is 53.6 Å². The molecular formula is C21H25N3O2. The van der Waals surface area contributed by atoms with Crippen molar-refractivity contribution in [3.05, 3.63) is 54.1 Å². The molecule has 0 bridgehead atoms. The Kier molecular flexibility index (Phi) is 4.69. The number of amides is 2. The maximum absolute atomic E-state index is 12.4. The maximum atomic E-state index is 12.4. The molecule has 5 heteroatoms. The number of nitrogens with one attached hydrogen (secondary N) is 2. The first-order valence-electron chi connectivity index (χ1n) is 9.29. The molecule has 0 spiro atoms. The standard InChI is InChI=1S/C21H25N3O2/c1-24-11-12-26-20-10-9-18(14-19(20)24)23-21(25)22-17-8-7-16(13-17)15-5-3-2-4-6-15/h2-6,9-10,14,16-17H,7-8,11-13H2,1H3,(H2,22,23,25)/t16-,17+/m0/s1. The molecule has 26 heavy (non-hydrogen) atoms. The number of hydrogen-bond acceptors (Lipinski definition) is 3. The Bertz CT molecular complexity index is 778. The van der Waals surface area contributed by atoms with Crippen LogP contribution in [0.4, 0.5) is 16.2 Å². The van der Waals surface area contributed by atoms with Gasteiger partial charge in [0.25, 0.3) is 0 Å². The number of fused-ring (bicyclic) bond motifs is 1. The van der Waals surface area contributed by atoms with Crippen molar-refractivity contribution in [1.29, 1.82) is 0 Å². The maximum Gasteiger partial charge on any atom is 0.319 e. The van der Waals surface area contributed by atoms with Gasteiger partial charge in [-0.1, -0.05) is 30.3 Å². The summed E-state index contributed by atoms with van der Waals surface area (Å²) in [6.45, 7) is 1.55. The predicted molar refractivity (Wildman–Crippen MR) is 104 cm³/mol. The second kappa shape index (κ2) is 7.28. The van der Waals surface area contributed by atoms with E-state index in [0.717, 1.165) is 42.9 Å². The zero-order valence-corrected chi connectivity index (χ0v) is 15.1. The molecule has 1 aliphatic heterocycles. The van der Waals surface area contributed by atoms with Gasteiger partial charge in [0.15, 0.2) is 0 Å². The monoisotopic (exact) mass is 351 g/mol. The first-order chi connectivity index (χ1) is 12.7. The van der Waals surface area contributed by atoms with Crippen LogP contribution >= 0.6 is 0 Å². The summed E-state index contributed by atoms with van der Waals surface area (Å²) in [5.74, 6) is 1.40. The smallest absolute Gasteiger partial charge is 0.319 e. The van der Waals surface area contributed by atoms with Crippen LogP contribution in [0.15, 0.2) is 48.5 Å². The van der Waals surface area contributed by atoms with Gasteiger partial charge in [0.2, 0.25) is 0 Å². The molecule has 2 N–H and O–H groups in total. The lowest BCUT2D eigenvalue weighted by Gasteiger charge is -2.28. The molecule has 2 atom stereocenters. The summed E-state index contributed by atoms with van der Waals surface area (Å²) >= 11 is 0. The minimum absolute atomic E-state index is 0.136. The van der Waals surface area contributed by atoms with Gasteiger partial charge >= 0.3 is 6.03 Å². The molecule has 1 saturated carbocycles. The van der Waals surface area contributed by atoms with Crippen molar-refractivity contribution in [2.45, 2.75) is 31.2 Å². The summed E-state index contributed by atoms with van der Waals surface area (Å²) in [7, 11) is 2.04. The molecule has 2 aliphatic rings. The number of ether oxygens (including phenoxy) is 1. The van der Waals surface area contributed by atoms with Crippen LogP contribution < -0.4 is 20.3 Å². The fraction of sp³-hybridized carbons (Fsp3) is 0.381. The summed E-state index contributed by atoms with van der Waals surface area (Å²) in [6.07, 6.45) is 3.14. The van der Waals surface area contributed by atoms with E-state index < -0.39 is 0 Å². The van der Waals surface area contributed by atoms with E-state index in [1.54, 1.807) is 0 Å². The van der Waals surface area contributed by atoms with Gasteiger partial charge in [-0.2, -0.15) is 0 Å². The molecule has 1 fully saturated rings. The zero-order valence-electron chi connectivity index (χ0n) is 15.1. The molecule has 136 valence electrons. The molecular weight excluding hydrogens is 326 g/mol. The fourth-order valence-electron chi connectivity index (χ4n) is 3.92.